The van der Waals surface area contributed by atoms with Gasteiger partial charge in [0.15, 0.2) is 23.9 Å². The van der Waals surface area contributed by atoms with E-state index >= 15 is 0 Å². The Morgan fingerprint density at radius 1 is 1.00 bits per heavy atom. The lowest BCUT2D eigenvalue weighted by atomic mass is 9.73. The summed E-state index contributed by atoms with van der Waals surface area (Å²) in [5.74, 6) is 0.147. The fourth-order valence-corrected chi connectivity index (χ4v) is 4.79. The molecule has 1 amide bonds. The molecule has 1 aliphatic heterocycles. The van der Waals surface area contributed by atoms with Crippen LogP contribution in [0.2, 0.25) is 10.0 Å². The maximum absolute atomic E-state index is 12.8. The number of primary amides is 1. The van der Waals surface area contributed by atoms with E-state index in [2.05, 4.69) is 0 Å². The van der Waals surface area contributed by atoms with Gasteiger partial charge in [-0.05, 0) is 30.5 Å². The van der Waals surface area contributed by atoms with Crippen LogP contribution in [0.3, 0.4) is 0 Å². The minimum atomic E-state index is -0.657. The molecule has 1 aromatic carbocycles. The second-order valence-corrected chi connectivity index (χ2v) is 8.15. The summed E-state index contributed by atoms with van der Waals surface area (Å²) in [7, 11) is 0. The zero-order chi connectivity index (χ0) is 20.7. The molecule has 8 heteroatoms. The Morgan fingerprint density at radius 3 is 2.00 bits per heavy atom. The quantitative estimate of drug-likeness (QED) is 0.770. The molecule has 3 aliphatic rings. The van der Waals surface area contributed by atoms with E-state index in [-0.39, 0.29) is 34.0 Å². The number of Topliss-reactive ketones (excluding diaryl/α,β-unsaturated/α-hetero) is 2. The Hall–Kier alpha value is -2.31. The number of amides is 1. The van der Waals surface area contributed by atoms with E-state index in [1.54, 1.807) is 12.1 Å². The van der Waals surface area contributed by atoms with Gasteiger partial charge in [0.1, 0.15) is 11.5 Å². The van der Waals surface area contributed by atoms with Crippen molar-refractivity contribution in [2.45, 2.75) is 44.4 Å². The summed E-state index contributed by atoms with van der Waals surface area (Å²) in [6.45, 7) is -0.363. The van der Waals surface area contributed by atoms with Crippen LogP contribution in [0.5, 0.6) is 5.75 Å². The summed E-state index contributed by atoms with van der Waals surface area (Å²) in [5.41, 5.74) is 6.77. The first-order valence-corrected chi connectivity index (χ1v) is 10.2. The number of hydrogen-bond acceptors (Lipinski definition) is 5. The molecule has 2 N–H and O–H groups in total. The molecule has 0 saturated carbocycles. The molecular formula is C21H19Cl2NO5. The largest absolute Gasteiger partial charge is 0.481 e. The van der Waals surface area contributed by atoms with E-state index < -0.39 is 11.8 Å². The number of benzene rings is 1. The predicted molar refractivity (Wildman–Crippen MR) is 107 cm³/mol. The topological polar surface area (TPSA) is 95.7 Å². The van der Waals surface area contributed by atoms with Gasteiger partial charge in [-0.15, -0.1) is 0 Å². The number of carbonyl (C=O) groups excluding carboxylic acids is 3. The number of nitrogens with two attached hydrogens (primary N) is 1. The van der Waals surface area contributed by atoms with Gasteiger partial charge in [-0.25, -0.2) is 0 Å². The first kappa shape index (κ1) is 20.0. The van der Waals surface area contributed by atoms with Gasteiger partial charge in [0, 0.05) is 42.7 Å². The molecule has 0 saturated heterocycles. The van der Waals surface area contributed by atoms with Crippen molar-refractivity contribution in [2.24, 2.45) is 5.73 Å². The Labute approximate surface area is 177 Å². The van der Waals surface area contributed by atoms with Gasteiger partial charge < -0.3 is 15.2 Å². The number of halogens is 2. The zero-order valence-corrected chi connectivity index (χ0v) is 17.1. The third kappa shape index (κ3) is 3.67. The molecule has 6 nitrogen and oxygen atoms in total. The van der Waals surface area contributed by atoms with E-state index in [1.807, 2.05) is 0 Å². The summed E-state index contributed by atoms with van der Waals surface area (Å²) in [6, 6.07) is 3.25. The molecule has 0 fully saturated rings. The maximum atomic E-state index is 12.8. The zero-order valence-electron chi connectivity index (χ0n) is 15.6. The fourth-order valence-electron chi connectivity index (χ4n) is 4.18. The monoisotopic (exact) mass is 435 g/mol. The van der Waals surface area contributed by atoms with Gasteiger partial charge in [0.2, 0.25) is 0 Å². The Bertz CT molecular complexity index is 930. The van der Waals surface area contributed by atoms with Crippen molar-refractivity contribution < 1.29 is 23.9 Å². The Balaban J connectivity index is 1.83. The number of rotatable bonds is 4. The first-order chi connectivity index (χ1) is 13.9. The second-order valence-electron chi connectivity index (χ2n) is 7.33. The molecule has 1 heterocycles. The first-order valence-electron chi connectivity index (χ1n) is 9.47. The SMILES string of the molecule is NC(=O)COc1c(Cl)cc(C2C3=C(CCCC3=O)OC3=C2C(=O)CCC3)cc1Cl. The van der Waals surface area contributed by atoms with Crippen LogP contribution in [-0.4, -0.2) is 24.1 Å². The molecule has 0 aromatic heterocycles. The van der Waals surface area contributed by atoms with Crippen molar-refractivity contribution in [3.05, 3.63) is 50.4 Å². The van der Waals surface area contributed by atoms with Crippen LogP contribution in [0.15, 0.2) is 34.8 Å². The van der Waals surface area contributed by atoms with Crippen LogP contribution in [-0.2, 0) is 19.1 Å². The number of allylic oxidation sites excluding steroid dienone is 4. The molecule has 0 atom stereocenters. The van der Waals surface area contributed by atoms with E-state index in [9.17, 15) is 14.4 Å². The summed E-state index contributed by atoms with van der Waals surface area (Å²) in [6.07, 6.45) is 3.59. The lowest BCUT2D eigenvalue weighted by Gasteiger charge is -2.36. The van der Waals surface area contributed by atoms with Crippen molar-refractivity contribution in [2.75, 3.05) is 6.61 Å². The molecule has 0 spiro atoms. The summed E-state index contributed by atoms with van der Waals surface area (Å²) in [5, 5.41) is 0.354. The van der Waals surface area contributed by atoms with Gasteiger partial charge in [-0.3, -0.25) is 14.4 Å². The van der Waals surface area contributed by atoms with Crippen molar-refractivity contribution in [1.29, 1.82) is 0 Å². The predicted octanol–water partition coefficient (Wildman–Crippen LogP) is 3.99. The smallest absolute Gasteiger partial charge is 0.255 e. The van der Waals surface area contributed by atoms with Gasteiger partial charge >= 0.3 is 0 Å². The fraction of sp³-hybridized carbons (Fsp3) is 0.381. The van der Waals surface area contributed by atoms with Gasteiger partial charge in [0.25, 0.3) is 5.91 Å². The van der Waals surface area contributed by atoms with Crippen LogP contribution in [0.4, 0.5) is 0 Å². The van der Waals surface area contributed by atoms with Crippen molar-refractivity contribution in [3.63, 3.8) is 0 Å². The number of ether oxygens (including phenoxy) is 2. The number of ketones is 2. The van der Waals surface area contributed by atoms with E-state index in [0.717, 1.165) is 12.8 Å². The summed E-state index contributed by atoms with van der Waals surface area (Å²) >= 11 is 12.7. The Morgan fingerprint density at radius 2 is 1.52 bits per heavy atom. The van der Waals surface area contributed by atoms with Crippen LogP contribution >= 0.6 is 23.2 Å². The molecule has 0 bridgehead atoms. The average Bonchev–Trinajstić information content (AvgIpc) is 2.66. The highest BCUT2D eigenvalue weighted by molar-refractivity contribution is 6.37. The molecule has 152 valence electrons. The van der Waals surface area contributed by atoms with Crippen molar-refractivity contribution >= 4 is 40.7 Å². The van der Waals surface area contributed by atoms with E-state index in [0.29, 0.717) is 53.9 Å². The summed E-state index contributed by atoms with van der Waals surface area (Å²) in [4.78, 5) is 36.6. The van der Waals surface area contributed by atoms with Gasteiger partial charge in [0.05, 0.1) is 10.0 Å². The number of hydrogen-bond donors (Lipinski definition) is 1. The third-order valence-corrected chi connectivity index (χ3v) is 5.91. The molecule has 0 unspecified atom stereocenters. The van der Waals surface area contributed by atoms with Crippen LogP contribution in [0, 0.1) is 0 Å². The highest BCUT2D eigenvalue weighted by Gasteiger charge is 2.42. The maximum Gasteiger partial charge on any atom is 0.255 e. The molecule has 4 rings (SSSR count). The lowest BCUT2D eigenvalue weighted by molar-refractivity contribution is -0.120. The van der Waals surface area contributed by atoms with Crippen LogP contribution < -0.4 is 10.5 Å². The van der Waals surface area contributed by atoms with Gasteiger partial charge in [-0.2, -0.15) is 0 Å². The highest BCUT2D eigenvalue weighted by Crippen LogP contribution is 2.49. The third-order valence-electron chi connectivity index (χ3n) is 5.35. The Kier molecular flexibility index (Phi) is 5.40. The second kappa shape index (κ2) is 7.84. The normalized spacial score (nSPS) is 19.7. The highest BCUT2D eigenvalue weighted by atomic mass is 35.5. The number of carbonyl (C=O) groups is 3. The van der Waals surface area contributed by atoms with Crippen LogP contribution in [0.1, 0.15) is 50.0 Å². The lowest BCUT2D eigenvalue weighted by Crippen LogP contribution is -2.30. The molecular weight excluding hydrogens is 417 g/mol. The molecule has 0 radical (unpaired) electrons. The van der Waals surface area contributed by atoms with E-state index in [4.69, 9.17) is 38.4 Å². The van der Waals surface area contributed by atoms with E-state index in [1.165, 1.54) is 0 Å². The molecule has 2 aliphatic carbocycles. The standard InChI is InChI=1S/C21H19Cl2NO5/c22-11-7-10(8-12(23)21(11)28-9-17(24)27)18-19-13(25)3-1-5-15(19)29-16-6-2-4-14(26)20(16)18/h7-8,18H,1-6,9H2,(H2,24,27). The molecule has 29 heavy (non-hydrogen) atoms. The average molecular weight is 436 g/mol. The minimum absolute atomic E-state index is 0.0255. The van der Waals surface area contributed by atoms with Gasteiger partial charge in [-0.1, -0.05) is 23.2 Å². The summed E-state index contributed by atoms with van der Waals surface area (Å²) < 4.78 is 11.3. The van der Waals surface area contributed by atoms with Crippen molar-refractivity contribution in [1.82, 2.24) is 0 Å². The van der Waals surface area contributed by atoms with Crippen molar-refractivity contribution in [3.8, 4) is 5.75 Å². The van der Waals surface area contributed by atoms with Crippen LogP contribution in [0.25, 0.3) is 0 Å². The molecule has 1 aromatic rings. The minimum Gasteiger partial charge on any atom is -0.481 e.